The molecule has 0 fully saturated rings. The summed E-state index contributed by atoms with van der Waals surface area (Å²) in [5, 5.41) is 10.1. The topological polar surface area (TPSA) is 41.6 Å². The summed E-state index contributed by atoms with van der Waals surface area (Å²) in [5.41, 5.74) is 3.47. The zero-order valence-corrected chi connectivity index (χ0v) is 14.3. The lowest BCUT2D eigenvalue weighted by Crippen LogP contribution is -2.05. The van der Waals surface area contributed by atoms with Gasteiger partial charge in [0.15, 0.2) is 0 Å². The van der Waals surface area contributed by atoms with Crippen LogP contribution in [0.25, 0.3) is 11.9 Å². The van der Waals surface area contributed by atoms with Crippen molar-refractivity contribution in [1.82, 2.24) is 9.55 Å². The highest BCUT2D eigenvalue weighted by Gasteiger charge is 2.20. The van der Waals surface area contributed by atoms with E-state index in [-0.39, 0.29) is 0 Å². The van der Waals surface area contributed by atoms with Gasteiger partial charge >= 0.3 is 0 Å². The Morgan fingerprint density at radius 3 is 2.83 bits per heavy atom. The maximum absolute atomic E-state index is 9.61. The van der Waals surface area contributed by atoms with Gasteiger partial charge in [-0.2, -0.15) is 5.26 Å². The van der Waals surface area contributed by atoms with Crippen molar-refractivity contribution in [2.24, 2.45) is 0 Å². The molecule has 4 heteroatoms. The third-order valence-corrected chi connectivity index (χ3v) is 4.05. The average molecular weight is 326 g/mol. The zero-order valence-electron chi connectivity index (χ0n) is 13.5. The van der Waals surface area contributed by atoms with Crippen molar-refractivity contribution in [2.75, 3.05) is 0 Å². The Kier molecular flexibility index (Phi) is 5.78. The van der Waals surface area contributed by atoms with E-state index in [4.69, 9.17) is 11.6 Å². The molecule has 2 rings (SSSR count). The highest BCUT2D eigenvalue weighted by atomic mass is 35.5. The molecule has 0 amide bonds. The number of nitriles is 1. The summed E-state index contributed by atoms with van der Waals surface area (Å²) < 4.78 is 2.06. The summed E-state index contributed by atoms with van der Waals surface area (Å²) in [6, 6.07) is 8.10. The standard InChI is InChI=1S/C19H20ClN3/c1-4-6-9-18-16(12-15(20)5-2)17(13-21)14(3)23(18)19-10-7-8-11-22-19/h5,7-8,10-12H,2,4,6,9H2,1,3H3. The molecule has 2 aromatic heterocycles. The molecule has 0 saturated heterocycles. The Labute approximate surface area is 142 Å². The van der Waals surface area contributed by atoms with E-state index in [2.05, 4.69) is 29.1 Å². The largest absolute Gasteiger partial charge is 0.301 e. The zero-order chi connectivity index (χ0) is 16.8. The average Bonchev–Trinajstić information content (AvgIpc) is 2.84. The van der Waals surface area contributed by atoms with Crippen LogP contribution in [0.3, 0.4) is 0 Å². The Bertz CT molecular complexity index is 764. The van der Waals surface area contributed by atoms with E-state index in [9.17, 15) is 5.26 Å². The van der Waals surface area contributed by atoms with Gasteiger partial charge in [0.05, 0.1) is 5.56 Å². The second kappa shape index (κ2) is 7.80. The number of aromatic nitrogens is 2. The van der Waals surface area contributed by atoms with Gasteiger partial charge in [-0.3, -0.25) is 0 Å². The highest BCUT2D eigenvalue weighted by molar-refractivity contribution is 6.33. The van der Waals surface area contributed by atoms with Gasteiger partial charge in [0.2, 0.25) is 0 Å². The molecule has 0 bridgehead atoms. The minimum atomic E-state index is 0.525. The maximum Gasteiger partial charge on any atom is 0.137 e. The Hall–Kier alpha value is -2.31. The van der Waals surface area contributed by atoms with Gasteiger partial charge in [-0.25, -0.2) is 4.98 Å². The third-order valence-electron chi connectivity index (χ3n) is 3.78. The summed E-state index contributed by atoms with van der Waals surface area (Å²) in [6.07, 6.45) is 8.14. The van der Waals surface area contributed by atoms with Crippen molar-refractivity contribution in [2.45, 2.75) is 33.1 Å². The van der Waals surface area contributed by atoms with E-state index in [0.717, 1.165) is 42.0 Å². The molecule has 0 N–H and O–H groups in total. The molecule has 118 valence electrons. The predicted octanol–water partition coefficient (Wildman–Crippen LogP) is 5.16. The van der Waals surface area contributed by atoms with Crippen LogP contribution in [0.4, 0.5) is 0 Å². The quantitative estimate of drug-likeness (QED) is 0.688. The number of hydrogen-bond acceptors (Lipinski definition) is 2. The molecule has 0 saturated carbocycles. The SMILES string of the molecule is C=CC(Cl)=Cc1c(C#N)c(C)n(-c2ccccn2)c1CCCC. The Morgan fingerprint density at radius 2 is 2.26 bits per heavy atom. The second-order valence-electron chi connectivity index (χ2n) is 5.29. The fourth-order valence-corrected chi connectivity index (χ4v) is 2.76. The summed E-state index contributed by atoms with van der Waals surface area (Å²) in [7, 11) is 0. The van der Waals surface area contributed by atoms with E-state index in [1.54, 1.807) is 12.3 Å². The molecule has 0 aliphatic heterocycles. The van der Waals surface area contributed by atoms with Gasteiger partial charge in [0, 0.05) is 28.2 Å². The van der Waals surface area contributed by atoms with Crippen molar-refractivity contribution in [1.29, 1.82) is 5.26 Å². The van der Waals surface area contributed by atoms with Gasteiger partial charge in [-0.05, 0) is 38.0 Å². The fraction of sp³-hybridized carbons (Fsp3) is 0.263. The van der Waals surface area contributed by atoms with Crippen LogP contribution in [-0.2, 0) is 6.42 Å². The molecule has 0 radical (unpaired) electrons. The first-order valence-corrected chi connectivity index (χ1v) is 8.07. The van der Waals surface area contributed by atoms with E-state index in [0.29, 0.717) is 10.6 Å². The molecule has 2 heterocycles. The maximum atomic E-state index is 9.61. The molecular weight excluding hydrogens is 306 g/mol. The van der Waals surface area contributed by atoms with Crippen LogP contribution in [0.15, 0.2) is 42.1 Å². The minimum absolute atomic E-state index is 0.525. The molecule has 0 aliphatic carbocycles. The predicted molar refractivity (Wildman–Crippen MR) is 95.7 cm³/mol. The van der Waals surface area contributed by atoms with E-state index < -0.39 is 0 Å². The molecule has 0 spiro atoms. The van der Waals surface area contributed by atoms with Crippen molar-refractivity contribution in [3.8, 4) is 11.9 Å². The molecule has 0 aromatic carbocycles. The second-order valence-corrected chi connectivity index (χ2v) is 5.73. The first kappa shape index (κ1) is 17.1. The molecular formula is C19H20ClN3. The normalized spacial score (nSPS) is 11.3. The lowest BCUT2D eigenvalue weighted by molar-refractivity contribution is 0.748. The van der Waals surface area contributed by atoms with Crippen molar-refractivity contribution in [3.05, 3.63) is 64.6 Å². The van der Waals surface area contributed by atoms with Gasteiger partial charge < -0.3 is 4.57 Å². The van der Waals surface area contributed by atoms with Gasteiger partial charge in [0.1, 0.15) is 11.9 Å². The number of hydrogen-bond donors (Lipinski definition) is 0. The van der Waals surface area contributed by atoms with E-state index >= 15 is 0 Å². The lowest BCUT2D eigenvalue weighted by atomic mass is 10.1. The van der Waals surface area contributed by atoms with Crippen LogP contribution < -0.4 is 0 Å². The van der Waals surface area contributed by atoms with Gasteiger partial charge in [-0.1, -0.05) is 43.7 Å². The van der Waals surface area contributed by atoms with Crippen molar-refractivity contribution < 1.29 is 0 Å². The summed E-state index contributed by atoms with van der Waals surface area (Å²) in [4.78, 5) is 4.45. The summed E-state index contributed by atoms with van der Waals surface area (Å²) in [5.74, 6) is 0.821. The lowest BCUT2D eigenvalue weighted by Gasteiger charge is -2.11. The first-order valence-electron chi connectivity index (χ1n) is 7.69. The van der Waals surface area contributed by atoms with Crippen LogP contribution in [0, 0.1) is 18.3 Å². The number of unbranched alkanes of at least 4 members (excludes halogenated alkanes) is 1. The van der Waals surface area contributed by atoms with E-state index in [1.807, 2.05) is 31.2 Å². The van der Waals surface area contributed by atoms with Crippen molar-refractivity contribution >= 4 is 17.7 Å². The molecule has 23 heavy (non-hydrogen) atoms. The smallest absolute Gasteiger partial charge is 0.137 e. The number of allylic oxidation sites excluding steroid dienone is 2. The van der Waals surface area contributed by atoms with Crippen LogP contribution in [0.5, 0.6) is 0 Å². The van der Waals surface area contributed by atoms with Crippen LogP contribution in [0.1, 0.15) is 42.3 Å². The van der Waals surface area contributed by atoms with E-state index in [1.165, 1.54) is 0 Å². The molecule has 0 aliphatic rings. The monoisotopic (exact) mass is 325 g/mol. The molecule has 2 aromatic rings. The number of rotatable bonds is 6. The summed E-state index contributed by atoms with van der Waals surface area (Å²) >= 11 is 6.15. The van der Waals surface area contributed by atoms with Gasteiger partial charge in [0.25, 0.3) is 0 Å². The number of halogens is 1. The summed E-state index contributed by atoms with van der Waals surface area (Å²) in [6.45, 7) is 7.79. The van der Waals surface area contributed by atoms with Crippen LogP contribution >= 0.6 is 11.6 Å². The fourth-order valence-electron chi connectivity index (χ4n) is 2.65. The minimum Gasteiger partial charge on any atom is -0.301 e. The number of nitrogens with zero attached hydrogens (tertiary/aromatic N) is 3. The van der Waals surface area contributed by atoms with Crippen molar-refractivity contribution in [3.63, 3.8) is 0 Å². The van der Waals surface area contributed by atoms with Gasteiger partial charge in [-0.15, -0.1) is 0 Å². The first-order chi connectivity index (χ1) is 11.1. The Morgan fingerprint density at radius 1 is 1.48 bits per heavy atom. The number of pyridine rings is 1. The molecule has 0 atom stereocenters. The van der Waals surface area contributed by atoms with Crippen LogP contribution in [-0.4, -0.2) is 9.55 Å². The molecule has 3 nitrogen and oxygen atoms in total. The molecule has 0 unspecified atom stereocenters. The third kappa shape index (κ3) is 3.55. The van der Waals surface area contributed by atoms with Crippen LogP contribution in [0.2, 0.25) is 0 Å². The Balaban J connectivity index is 2.75. The highest BCUT2D eigenvalue weighted by Crippen LogP contribution is 2.29.